The minimum atomic E-state index is -1.67. The van der Waals surface area contributed by atoms with Crippen LogP contribution in [0, 0.1) is 63.1 Å². The molecule has 0 radical (unpaired) electrons. The van der Waals surface area contributed by atoms with Crippen molar-refractivity contribution in [3.05, 3.63) is 47.5 Å². The third-order valence-electron chi connectivity index (χ3n) is 17.0. The zero-order chi connectivity index (χ0) is 40.8. The lowest BCUT2D eigenvalue weighted by atomic mass is 9.35. The maximum absolute atomic E-state index is 15.3. The van der Waals surface area contributed by atoms with Crippen molar-refractivity contribution in [2.75, 3.05) is 18.1 Å². The Balaban J connectivity index is 1.29. The number of carbonyl (C=O) groups excluding carboxylic acids is 2. The van der Waals surface area contributed by atoms with E-state index in [-0.39, 0.29) is 30.9 Å². The Morgan fingerprint density at radius 1 is 0.879 bits per heavy atom. The quantitative estimate of drug-likeness (QED) is 0.147. The first-order valence-electron chi connectivity index (χ1n) is 22.8. The van der Waals surface area contributed by atoms with Crippen LogP contribution < -0.4 is 0 Å². The second kappa shape index (κ2) is 17.1. The predicted molar refractivity (Wildman–Crippen MR) is 231 cm³/mol. The van der Waals surface area contributed by atoms with Crippen molar-refractivity contribution in [3.8, 4) is 11.8 Å². The fraction of sp³-hybridized carbons (Fsp3) is 0.755. The van der Waals surface area contributed by atoms with E-state index in [4.69, 9.17) is 9.47 Å². The number of rotatable bonds is 6. The van der Waals surface area contributed by atoms with E-state index in [1.807, 2.05) is 28.5 Å². The van der Waals surface area contributed by atoms with Crippen LogP contribution in [-0.4, -0.2) is 69.3 Å². The van der Waals surface area contributed by atoms with E-state index in [0.717, 1.165) is 94.1 Å². The molecule has 5 fully saturated rings. The summed E-state index contributed by atoms with van der Waals surface area (Å²) in [6.07, 6.45) is 12.6. The Kier molecular flexibility index (Phi) is 12.6. The monoisotopic (exact) mass is 832 g/mol. The topological polar surface area (TPSA) is 113 Å². The van der Waals surface area contributed by atoms with Gasteiger partial charge in [-0.3, -0.25) is 4.79 Å². The lowest BCUT2D eigenvalue weighted by molar-refractivity contribution is -0.338. The number of aliphatic hydroxyl groups excluding tert-OH is 2. The molecular formula is C49H68O7S2. The molecule has 0 aromatic heterocycles. The third kappa shape index (κ3) is 7.43. The second-order valence-electron chi connectivity index (χ2n) is 20.3. The Hall–Kier alpha value is -1.96. The zero-order valence-corrected chi connectivity index (χ0v) is 36.9. The van der Waals surface area contributed by atoms with Gasteiger partial charge in [0.2, 0.25) is 0 Å². The van der Waals surface area contributed by atoms with Gasteiger partial charge in [0.25, 0.3) is 0 Å². The number of benzene rings is 1. The molecule has 58 heavy (non-hydrogen) atoms. The molecule has 1 aromatic carbocycles. The molecule has 3 N–H and O–H groups in total. The van der Waals surface area contributed by atoms with Crippen molar-refractivity contribution < 1.29 is 34.4 Å². The molecule has 12 atom stereocenters. The summed E-state index contributed by atoms with van der Waals surface area (Å²) in [5, 5.41) is 40.5. The van der Waals surface area contributed by atoms with Gasteiger partial charge in [-0.15, -0.1) is 5.92 Å². The smallest absolute Gasteiger partial charge is 0.331 e. The Labute approximate surface area is 355 Å². The van der Waals surface area contributed by atoms with Crippen LogP contribution in [0.1, 0.15) is 135 Å². The Morgan fingerprint density at radius 3 is 2.36 bits per heavy atom. The van der Waals surface area contributed by atoms with Crippen molar-refractivity contribution in [2.24, 2.45) is 51.2 Å². The van der Waals surface area contributed by atoms with Gasteiger partial charge in [0.05, 0.1) is 34.1 Å². The Morgan fingerprint density at radius 2 is 1.60 bits per heavy atom. The second-order valence-corrected chi connectivity index (χ2v) is 22.9. The third-order valence-corrected chi connectivity index (χ3v) is 19.7. The summed E-state index contributed by atoms with van der Waals surface area (Å²) in [5.41, 5.74) is -3.23. The van der Waals surface area contributed by atoms with Gasteiger partial charge in [-0.05, 0) is 124 Å². The number of aliphatic hydroxyl groups is 3. The van der Waals surface area contributed by atoms with Crippen LogP contribution in [0.4, 0.5) is 0 Å². The average molecular weight is 833 g/mol. The molecule has 1 aromatic rings. The van der Waals surface area contributed by atoms with Crippen molar-refractivity contribution in [1.29, 1.82) is 0 Å². The van der Waals surface area contributed by atoms with E-state index in [2.05, 4.69) is 56.0 Å². The number of esters is 2. The zero-order valence-electron chi connectivity index (χ0n) is 35.2. The number of cyclic esters (lactones) is 1. The van der Waals surface area contributed by atoms with Gasteiger partial charge in [0.15, 0.2) is 0 Å². The largest absolute Gasteiger partial charge is 0.462 e. The average Bonchev–Trinajstić information content (AvgIpc) is 3.91. The lowest BCUT2D eigenvalue weighted by Crippen LogP contribution is -2.79. The van der Waals surface area contributed by atoms with Gasteiger partial charge in [-0.25, -0.2) is 4.79 Å². The highest BCUT2D eigenvalue weighted by Gasteiger charge is 2.78. The van der Waals surface area contributed by atoms with Crippen LogP contribution in [0.25, 0.3) is 0 Å². The predicted octanol–water partition coefficient (Wildman–Crippen LogP) is 9.26. The van der Waals surface area contributed by atoms with E-state index in [9.17, 15) is 20.1 Å². The number of ether oxygens (including phenoxy) is 2. The van der Waals surface area contributed by atoms with E-state index >= 15 is 4.79 Å². The van der Waals surface area contributed by atoms with Crippen LogP contribution in [0.5, 0.6) is 0 Å². The summed E-state index contributed by atoms with van der Waals surface area (Å²) >= 11 is 0. The summed E-state index contributed by atoms with van der Waals surface area (Å²) < 4.78 is 12.5. The van der Waals surface area contributed by atoms with Crippen LogP contribution in [0.3, 0.4) is 0 Å². The molecule has 7 nitrogen and oxygen atoms in total. The van der Waals surface area contributed by atoms with Gasteiger partial charge in [-0.1, -0.05) is 97.4 Å². The maximum atomic E-state index is 15.3. The van der Waals surface area contributed by atoms with Gasteiger partial charge in [-0.2, -0.15) is 0 Å². The summed E-state index contributed by atoms with van der Waals surface area (Å²) in [5.74, 6) is 9.29. The molecule has 3 aliphatic heterocycles. The molecule has 7 aliphatic rings. The number of hydrogen-bond donors (Lipinski definition) is 3. The first kappa shape index (κ1) is 42.7. The Bertz CT molecular complexity index is 1750. The minimum absolute atomic E-state index is 0.118. The van der Waals surface area contributed by atoms with Crippen LogP contribution >= 0.6 is 21.6 Å². The van der Waals surface area contributed by atoms with Crippen LogP contribution in [0.2, 0.25) is 0 Å². The molecular weight excluding hydrogens is 765 g/mol. The molecule has 0 unspecified atom stereocenters. The summed E-state index contributed by atoms with van der Waals surface area (Å²) in [4.78, 5) is 27.6. The molecule has 1 spiro atoms. The molecule has 3 heterocycles. The fourth-order valence-corrected chi connectivity index (χ4v) is 16.9. The molecule has 318 valence electrons. The highest BCUT2D eigenvalue weighted by molar-refractivity contribution is 8.76. The molecule has 0 amide bonds. The van der Waals surface area contributed by atoms with Gasteiger partial charge < -0.3 is 24.8 Å². The number of hydrogen-bond acceptors (Lipinski definition) is 9. The van der Waals surface area contributed by atoms with Crippen molar-refractivity contribution in [3.63, 3.8) is 0 Å². The highest BCUT2D eigenvalue weighted by atomic mass is 33.1. The van der Waals surface area contributed by atoms with Crippen molar-refractivity contribution in [1.82, 2.24) is 0 Å². The van der Waals surface area contributed by atoms with Gasteiger partial charge in [0, 0.05) is 36.3 Å². The minimum Gasteiger partial charge on any atom is -0.462 e. The fourth-order valence-electron chi connectivity index (χ4n) is 14.0. The molecule has 4 aliphatic carbocycles. The highest BCUT2D eigenvalue weighted by Crippen LogP contribution is 2.72. The maximum Gasteiger partial charge on any atom is 0.331 e. The standard InChI is InChI=1S/C49H68O7S2/c1-33-17-18-40(50)49-41(51)20-24-46(3,37-14-7-8-15-37)43(49)39-29-45(2,48(49,54)25-19-35-28-42(52)55-30-35)21-11-23-47(44(53)56-39)22-10-9-16-38(47)32-58-57-31-36(26-33)27-34-12-5-4-6-13-34/h4-6,12-13,28,33,36-41,43,50-51,54H,7-10,14-20,22-27,29-32H2,1-3H3/t33-,36+,38-,39-,40-,41-,43+,45+,46+,47+,48-,49+/m1/s1. The summed E-state index contributed by atoms with van der Waals surface area (Å²) in [6, 6.07) is 10.8. The molecule has 1 saturated heterocycles. The van der Waals surface area contributed by atoms with Crippen LogP contribution in [-0.2, 0) is 25.5 Å². The summed E-state index contributed by atoms with van der Waals surface area (Å²) in [6.45, 7) is 6.84. The van der Waals surface area contributed by atoms with E-state index in [0.29, 0.717) is 49.9 Å². The lowest BCUT2D eigenvalue weighted by Gasteiger charge is -2.71. The first-order valence-corrected chi connectivity index (χ1v) is 25.3. The molecule has 4 bridgehead atoms. The number of fused-ring (bicyclic) bond motifs is 2. The van der Waals surface area contributed by atoms with E-state index in [1.165, 1.54) is 11.6 Å². The molecule has 9 heteroatoms. The van der Waals surface area contributed by atoms with Crippen LogP contribution in [0.15, 0.2) is 42.0 Å². The van der Waals surface area contributed by atoms with Crippen molar-refractivity contribution >= 4 is 33.5 Å². The van der Waals surface area contributed by atoms with Gasteiger partial charge >= 0.3 is 11.9 Å². The first-order chi connectivity index (χ1) is 27.8. The molecule has 4 saturated carbocycles. The summed E-state index contributed by atoms with van der Waals surface area (Å²) in [7, 11) is 3.86. The molecule has 8 rings (SSSR count). The SMILES string of the molecule is C[C@@H]1CC[C@@H](O)[C@]23[C@H](O)CC[C@@](C)(C4CCCC4)[C@@H]2[C@H]2C[C@](C)(C#CC[C@]4(CCCC[C@@H]4CSSC[C@H](Cc4ccccc4)C1)C(=O)O2)[C@]3(O)CCC1=CC(=O)OC1. The number of carbonyl (C=O) groups is 2. The van der Waals surface area contributed by atoms with Gasteiger partial charge in [0.1, 0.15) is 12.7 Å². The normalized spacial score (nSPS) is 43.8. The van der Waals surface area contributed by atoms with Crippen molar-refractivity contribution in [2.45, 2.75) is 160 Å². The van der Waals surface area contributed by atoms with E-state index < -0.39 is 51.5 Å². The van der Waals surface area contributed by atoms with E-state index in [1.54, 1.807) is 0 Å².